The fourth-order valence-corrected chi connectivity index (χ4v) is 2.52. The summed E-state index contributed by atoms with van der Waals surface area (Å²) in [5.41, 5.74) is 1.58. The van der Waals surface area contributed by atoms with E-state index in [-0.39, 0.29) is 18.6 Å². The molecule has 2 aliphatic heterocycles. The Morgan fingerprint density at radius 1 is 1.12 bits per heavy atom. The van der Waals surface area contributed by atoms with Crippen LogP contribution in [0.2, 0.25) is 0 Å². The molecule has 2 N–H and O–H groups in total. The smallest absolute Gasteiger partial charge is 0.265 e. The minimum atomic E-state index is -0.593. The molecule has 0 spiro atoms. The SMILES string of the molecule is CC1Oc2cc(C(=O)Nc3ccc4c(c3)OCO4)ccc2NC1=O. The third-order valence-corrected chi connectivity index (χ3v) is 3.81. The maximum atomic E-state index is 12.4. The van der Waals surface area contributed by atoms with Gasteiger partial charge in [-0.2, -0.15) is 0 Å². The first-order chi connectivity index (χ1) is 11.6. The predicted molar refractivity (Wildman–Crippen MR) is 85.7 cm³/mol. The first kappa shape index (κ1) is 14.4. The molecule has 2 heterocycles. The first-order valence-corrected chi connectivity index (χ1v) is 7.43. The highest BCUT2D eigenvalue weighted by Gasteiger charge is 2.24. The number of carbonyl (C=O) groups is 2. The molecule has 0 saturated heterocycles. The molecule has 1 unspecified atom stereocenters. The summed E-state index contributed by atoms with van der Waals surface area (Å²) < 4.78 is 16.0. The van der Waals surface area contributed by atoms with Gasteiger partial charge < -0.3 is 24.8 Å². The molecular formula is C17H14N2O5. The minimum Gasteiger partial charge on any atom is -0.479 e. The molecule has 0 bridgehead atoms. The van der Waals surface area contributed by atoms with Crippen molar-refractivity contribution in [2.75, 3.05) is 17.4 Å². The molecule has 0 radical (unpaired) electrons. The first-order valence-electron chi connectivity index (χ1n) is 7.43. The second-order valence-electron chi connectivity index (χ2n) is 5.48. The number of hydrogen-bond donors (Lipinski definition) is 2. The number of anilines is 2. The van der Waals surface area contributed by atoms with E-state index < -0.39 is 6.10 Å². The quantitative estimate of drug-likeness (QED) is 0.885. The largest absolute Gasteiger partial charge is 0.479 e. The summed E-state index contributed by atoms with van der Waals surface area (Å²) in [5.74, 6) is 1.23. The summed E-state index contributed by atoms with van der Waals surface area (Å²) in [6, 6.07) is 10.1. The normalized spacial score (nSPS) is 17.5. The summed E-state index contributed by atoms with van der Waals surface area (Å²) in [5, 5.41) is 5.52. The zero-order chi connectivity index (χ0) is 16.7. The van der Waals surface area contributed by atoms with E-state index in [2.05, 4.69) is 10.6 Å². The summed E-state index contributed by atoms with van der Waals surface area (Å²) in [4.78, 5) is 24.0. The van der Waals surface area contributed by atoms with Crippen LogP contribution in [0.15, 0.2) is 36.4 Å². The molecule has 122 valence electrons. The van der Waals surface area contributed by atoms with E-state index in [4.69, 9.17) is 14.2 Å². The summed E-state index contributed by atoms with van der Waals surface area (Å²) >= 11 is 0. The summed E-state index contributed by atoms with van der Waals surface area (Å²) in [6.45, 7) is 1.83. The van der Waals surface area contributed by atoms with Crippen LogP contribution in [-0.2, 0) is 4.79 Å². The van der Waals surface area contributed by atoms with Gasteiger partial charge in [0.25, 0.3) is 11.8 Å². The van der Waals surface area contributed by atoms with Crippen molar-refractivity contribution in [3.05, 3.63) is 42.0 Å². The second kappa shape index (κ2) is 5.45. The van der Waals surface area contributed by atoms with Gasteiger partial charge in [0, 0.05) is 17.3 Å². The lowest BCUT2D eigenvalue weighted by Gasteiger charge is -2.23. The number of benzene rings is 2. The molecule has 4 rings (SSSR count). The van der Waals surface area contributed by atoms with Gasteiger partial charge in [0.1, 0.15) is 5.75 Å². The molecule has 2 amide bonds. The lowest BCUT2D eigenvalue weighted by molar-refractivity contribution is -0.122. The van der Waals surface area contributed by atoms with Gasteiger partial charge in [-0.3, -0.25) is 9.59 Å². The standard InChI is InChI=1S/C17H14N2O5/c1-9-16(20)19-12-4-2-10(6-14(12)24-9)17(21)18-11-3-5-13-15(7-11)23-8-22-13/h2-7,9H,8H2,1H3,(H,18,21)(H,19,20). The van der Waals surface area contributed by atoms with E-state index in [1.807, 2.05) is 0 Å². The average Bonchev–Trinajstić information content (AvgIpc) is 3.03. The van der Waals surface area contributed by atoms with Crippen LogP contribution in [0.25, 0.3) is 0 Å². The van der Waals surface area contributed by atoms with Gasteiger partial charge in [0.2, 0.25) is 6.79 Å². The Morgan fingerprint density at radius 3 is 2.83 bits per heavy atom. The van der Waals surface area contributed by atoms with Crippen LogP contribution in [-0.4, -0.2) is 24.7 Å². The summed E-state index contributed by atoms with van der Waals surface area (Å²) in [6.07, 6.45) is -0.593. The van der Waals surface area contributed by atoms with Crippen molar-refractivity contribution >= 4 is 23.2 Å². The van der Waals surface area contributed by atoms with E-state index in [0.717, 1.165) is 0 Å². The molecule has 0 aliphatic carbocycles. The van der Waals surface area contributed by atoms with Gasteiger partial charge in [-0.15, -0.1) is 0 Å². The van der Waals surface area contributed by atoms with Crippen LogP contribution in [0.3, 0.4) is 0 Å². The number of carbonyl (C=O) groups excluding carboxylic acids is 2. The number of hydrogen-bond acceptors (Lipinski definition) is 5. The van der Waals surface area contributed by atoms with Crippen LogP contribution < -0.4 is 24.8 Å². The van der Waals surface area contributed by atoms with Crippen molar-refractivity contribution in [3.63, 3.8) is 0 Å². The molecule has 24 heavy (non-hydrogen) atoms. The van der Waals surface area contributed by atoms with E-state index in [9.17, 15) is 9.59 Å². The van der Waals surface area contributed by atoms with Gasteiger partial charge in [-0.1, -0.05) is 0 Å². The van der Waals surface area contributed by atoms with Gasteiger partial charge in [-0.25, -0.2) is 0 Å². The Balaban J connectivity index is 1.55. The van der Waals surface area contributed by atoms with Crippen LogP contribution in [0.5, 0.6) is 17.2 Å². The van der Waals surface area contributed by atoms with Gasteiger partial charge in [0.15, 0.2) is 17.6 Å². The topological polar surface area (TPSA) is 85.9 Å². The third kappa shape index (κ3) is 2.50. The number of nitrogens with one attached hydrogen (secondary N) is 2. The van der Waals surface area contributed by atoms with Crippen molar-refractivity contribution in [2.45, 2.75) is 13.0 Å². The lowest BCUT2D eigenvalue weighted by Crippen LogP contribution is -2.34. The third-order valence-electron chi connectivity index (χ3n) is 3.81. The van der Waals surface area contributed by atoms with Gasteiger partial charge in [-0.05, 0) is 37.3 Å². The van der Waals surface area contributed by atoms with Crippen LogP contribution in [0, 0.1) is 0 Å². The van der Waals surface area contributed by atoms with Crippen molar-refractivity contribution in [1.29, 1.82) is 0 Å². The Morgan fingerprint density at radius 2 is 1.96 bits per heavy atom. The highest BCUT2D eigenvalue weighted by molar-refractivity contribution is 6.06. The zero-order valence-electron chi connectivity index (χ0n) is 12.8. The van der Waals surface area contributed by atoms with E-state index in [0.29, 0.717) is 34.2 Å². The van der Waals surface area contributed by atoms with Crippen molar-refractivity contribution < 1.29 is 23.8 Å². The Hall–Kier alpha value is -3.22. The molecular weight excluding hydrogens is 312 g/mol. The maximum Gasteiger partial charge on any atom is 0.265 e. The highest BCUT2D eigenvalue weighted by atomic mass is 16.7. The highest BCUT2D eigenvalue weighted by Crippen LogP contribution is 2.35. The van der Waals surface area contributed by atoms with E-state index in [1.165, 1.54) is 0 Å². The Kier molecular flexibility index (Phi) is 3.26. The Labute approximate surface area is 137 Å². The average molecular weight is 326 g/mol. The van der Waals surface area contributed by atoms with Crippen LogP contribution in [0.4, 0.5) is 11.4 Å². The molecule has 7 nitrogen and oxygen atoms in total. The number of fused-ring (bicyclic) bond motifs is 2. The minimum absolute atomic E-state index is 0.179. The van der Waals surface area contributed by atoms with E-state index >= 15 is 0 Å². The molecule has 2 aliphatic rings. The predicted octanol–water partition coefficient (Wildman–Crippen LogP) is 2.39. The maximum absolute atomic E-state index is 12.4. The molecule has 0 fully saturated rings. The van der Waals surface area contributed by atoms with E-state index in [1.54, 1.807) is 43.3 Å². The molecule has 0 saturated carbocycles. The number of amides is 2. The zero-order valence-corrected chi connectivity index (χ0v) is 12.8. The molecule has 0 aromatic heterocycles. The monoisotopic (exact) mass is 326 g/mol. The van der Waals surface area contributed by atoms with Crippen LogP contribution in [0.1, 0.15) is 17.3 Å². The van der Waals surface area contributed by atoms with Crippen molar-refractivity contribution in [1.82, 2.24) is 0 Å². The fraction of sp³-hybridized carbons (Fsp3) is 0.176. The van der Waals surface area contributed by atoms with Crippen molar-refractivity contribution in [2.24, 2.45) is 0 Å². The number of rotatable bonds is 2. The second-order valence-corrected chi connectivity index (χ2v) is 5.48. The Bertz CT molecular complexity index is 849. The molecule has 2 aromatic rings. The van der Waals surface area contributed by atoms with Gasteiger partial charge >= 0.3 is 0 Å². The molecule has 1 atom stereocenters. The fourth-order valence-electron chi connectivity index (χ4n) is 2.52. The van der Waals surface area contributed by atoms with Crippen LogP contribution >= 0.6 is 0 Å². The number of ether oxygens (including phenoxy) is 3. The van der Waals surface area contributed by atoms with Crippen molar-refractivity contribution in [3.8, 4) is 17.2 Å². The van der Waals surface area contributed by atoms with Gasteiger partial charge in [0.05, 0.1) is 5.69 Å². The lowest BCUT2D eigenvalue weighted by atomic mass is 10.1. The summed E-state index contributed by atoms with van der Waals surface area (Å²) in [7, 11) is 0. The molecule has 7 heteroatoms. The molecule has 2 aromatic carbocycles.